The van der Waals surface area contributed by atoms with Gasteiger partial charge in [0, 0.05) is 38.3 Å². The average molecular weight is 361 g/mol. The van der Waals surface area contributed by atoms with E-state index in [0.717, 1.165) is 32.7 Å². The summed E-state index contributed by atoms with van der Waals surface area (Å²) in [6, 6.07) is 7.27. The number of nitrogens with one attached hydrogen (secondary N) is 1. The van der Waals surface area contributed by atoms with Gasteiger partial charge in [0.25, 0.3) is 0 Å². The summed E-state index contributed by atoms with van der Waals surface area (Å²) in [5.74, 6) is -0.0271. The van der Waals surface area contributed by atoms with Gasteiger partial charge < -0.3 is 11.1 Å². The molecule has 130 valence electrons. The standard InChI is InChI=1S/C16H25ClN4O.ClH/c1-16(2,18)12-21-9-7-20(8-10-21)11-15(22)19-14-6-4-3-5-13(14)17;/h3-6H,7-12,18H2,1-2H3,(H,19,22);1H. The quantitative estimate of drug-likeness (QED) is 0.843. The molecule has 0 bridgehead atoms. The Bertz CT molecular complexity index is 511. The molecule has 1 heterocycles. The van der Waals surface area contributed by atoms with Crippen LogP contribution in [0.25, 0.3) is 0 Å². The van der Waals surface area contributed by atoms with E-state index in [1.807, 2.05) is 32.0 Å². The minimum absolute atomic E-state index is 0. The van der Waals surface area contributed by atoms with Gasteiger partial charge >= 0.3 is 0 Å². The molecule has 1 aromatic carbocycles. The number of benzene rings is 1. The molecule has 1 fully saturated rings. The van der Waals surface area contributed by atoms with Gasteiger partial charge in [0.2, 0.25) is 5.91 Å². The molecule has 2 rings (SSSR count). The molecule has 0 aliphatic carbocycles. The van der Waals surface area contributed by atoms with Crippen molar-refractivity contribution in [1.82, 2.24) is 9.80 Å². The summed E-state index contributed by atoms with van der Waals surface area (Å²) in [5, 5.41) is 3.42. The molecule has 1 amide bonds. The van der Waals surface area contributed by atoms with Crippen molar-refractivity contribution in [2.45, 2.75) is 19.4 Å². The van der Waals surface area contributed by atoms with Crippen molar-refractivity contribution in [2.24, 2.45) is 5.73 Å². The van der Waals surface area contributed by atoms with E-state index < -0.39 is 0 Å². The van der Waals surface area contributed by atoms with Gasteiger partial charge in [0.05, 0.1) is 17.3 Å². The third-order valence-corrected chi connectivity index (χ3v) is 3.94. The van der Waals surface area contributed by atoms with Crippen LogP contribution in [0, 0.1) is 0 Å². The zero-order valence-electron chi connectivity index (χ0n) is 13.7. The SMILES string of the molecule is CC(C)(N)CN1CCN(CC(=O)Nc2ccccc2Cl)CC1.Cl. The van der Waals surface area contributed by atoms with E-state index in [2.05, 4.69) is 15.1 Å². The maximum Gasteiger partial charge on any atom is 0.238 e. The molecule has 7 heteroatoms. The largest absolute Gasteiger partial charge is 0.324 e. The average Bonchev–Trinajstić information content (AvgIpc) is 2.42. The van der Waals surface area contributed by atoms with Crippen molar-refractivity contribution >= 4 is 35.6 Å². The third kappa shape index (κ3) is 7.06. The lowest BCUT2D eigenvalue weighted by atomic mass is 10.1. The second-order valence-electron chi connectivity index (χ2n) is 6.57. The summed E-state index contributed by atoms with van der Waals surface area (Å²) in [6.45, 7) is 9.00. The van der Waals surface area contributed by atoms with E-state index in [1.54, 1.807) is 6.07 Å². The predicted molar refractivity (Wildman–Crippen MR) is 98.5 cm³/mol. The zero-order chi connectivity index (χ0) is 16.2. The lowest BCUT2D eigenvalue weighted by Gasteiger charge is -2.37. The van der Waals surface area contributed by atoms with Crippen molar-refractivity contribution in [3.63, 3.8) is 0 Å². The van der Waals surface area contributed by atoms with Crippen molar-refractivity contribution in [1.29, 1.82) is 0 Å². The fourth-order valence-corrected chi connectivity index (χ4v) is 2.82. The first-order valence-corrected chi connectivity index (χ1v) is 7.99. The lowest BCUT2D eigenvalue weighted by Crippen LogP contribution is -2.53. The Kier molecular flexibility index (Phi) is 7.77. The van der Waals surface area contributed by atoms with Gasteiger partial charge in [-0.3, -0.25) is 14.6 Å². The van der Waals surface area contributed by atoms with Gasteiger partial charge in [0.15, 0.2) is 0 Å². The van der Waals surface area contributed by atoms with Crippen LogP contribution in [0.1, 0.15) is 13.8 Å². The number of carbonyl (C=O) groups excluding carboxylic acids is 1. The van der Waals surface area contributed by atoms with E-state index in [-0.39, 0.29) is 23.9 Å². The van der Waals surface area contributed by atoms with Crippen LogP contribution in [0.5, 0.6) is 0 Å². The second kappa shape index (κ2) is 8.85. The number of nitrogens with zero attached hydrogens (tertiary/aromatic N) is 2. The van der Waals surface area contributed by atoms with Gasteiger partial charge in [-0.15, -0.1) is 12.4 Å². The van der Waals surface area contributed by atoms with E-state index in [9.17, 15) is 4.79 Å². The van der Waals surface area contributed by atoms with Gasteiger partial charge in [-0.2, -0.15) is 0 Å². The highest BCUT2D eigenvalue weighted by atomic mass is 35.5. The molecule has 23 heavy (non-hydrogen) atoms. The summed E-state index contributed by atoms with van der Waals surface area (Å²) in [5.41, 5.74) is 6.54. The second-order valence-corrected chi connectivity index (χ2v) is 6.98. The highest BCUT2D eigenvalue weighted by Gasteiger charge is 2.22. The highest BCUT2D eigenvalue weighted by Crippen LogP contribution is 2.20. The Labute approximate surface area is 149 Å². The van der Waals surface area contributed by atoms with Crippen LogP contribution >= 0.6 is 24.0 Å². The fourth-order valence-electron chi connectivity index (χ4n) is 2.64. The monoisotopic (exact) mass is 360 g/mol. The smallest absolute Gasteiger partial charge is 0.238 e. The van der Waals surface area contributed by atoms with Crippen molar-refractivity contribution < 1.29 is 4.79 Å². The van der Waals surface area contributed by atoms with E-state index in [4.69, 9.17) is 17.3 Å². The molecule has 1 aliphatic rings. The van der Waals surface area contributed by atoms with Crippen LogP contribution in [-0.2, 0) is 4.79 Å². The van der Waals surface area contributed by atoms with Gasteiger partial charge in [-0.05, 0) is 26.0 Å². The maximum absolute atomic E-state index is 12.1. The van der Waals surface area contributed by atoms with Crippen LogP contribution in [0.15, 0.2) is 24.3 Å². The molecule has 0 saturated carbocycles. The number of anilines is 1. The number of amides is 1. The first-order chi connectivity index (χ1) is 10.3. The molecule has 0 spiro atoms. The van der Waals surface area contributed by atoms with Gasteiger partial charge in [-0.25, -0.2) is 0 Å². The predicted octanol–water partition coefficient (Wildman–Crippen LogP) is 2.06. The normalized spacial score (nSPS) is 16.7. The minimum Gasteiger partial charge on any atom is -0.324 e. The Morgan fingerprint density at radius 3 is 2.35 bits per heavy atom. The third-order valence-electron chi connectivity index (χ3n) is 3.61. The molecule has 1 aliphatic heterocycles. The summed E-state index contributed by atoms with van der Waals surface area (Å²) in [7, 11) is 0. The number of carbonyl (C=O) groups is 1. The Morgan fingerprint density at radius 1 is 1.22 bits per heavy atom. The molecule has 3 N–H and O–H groups in total. The Morgan fingerprint density at radius 2 is 1.78 bits per heavy atom. The van der Waals surface area contributed by atoms with Crippen LogP contribution in [-0.4, -0.2) is 60.5 Å². The molecular weight excluding hydrogens is 335 g/mol. The molecule has 1 saturated heterocycles. The van der Waals surface area contributed by atoms with Gasteiger partial charge in [0.1, 0.15) is 0 Å². The number of nitrogens with two attached hydrogens (primary N) is 1. The number of hydrogen-bond acceptors (Lipinski definition) is 4. The number of rotatable bonds is 5. The van der Waals surface area contributed by atoms with Crippen molar-refractivity contribution in [2.75, 3.05) is 44.6 Å². The summed E-state index contributed by atoms with van der Waals surface area (Å²) in [6.07, 6.45) is 0. The summed E-state index contributed by atoms with van der Waals surface area (Å²) in [4.78, 5) is 16.6. The number of halogens is 2. The first kappa shape index (κ1) is 20.2. The molecule has 0 aromatic heterocycles. The molecule has 5 nitrogen and oxygen atoms in total. The Hall–Kier alpha value is -0.850. The fraction of sp³-hybridized carbons (Fsp3) is 0.562. The zero-order valence-corrected chi connectivity index (χ0v) is 15.3. The molecule has 1 aromatic rings. The Balaban J connectivity index is 0.00000264. The van der Waals surface area contributed by atoms with Crippen LogP contribution in [0.2, 0.25) is 5.02 Å². The highest BCUT2D eigenvalue weighted by molar-refractivity contribution is 6.33. The molecule has 0 atom stereocenters. The van der Waals surface area contributed by atoms with Crippen LogP contribution in [0.3, 0.4) is 0 Å². The minimum atomic E-state index is -0.177. The van der Waals surface area contributed by atoms with E-state index >= 15 is 0 Å². The lowest BCUT2D eigenvalue weighted by molar-refractivity contribution is -0.117. The first-order valence-electron chi connectivity index (χ1n) is 7.61. The molecular formula is C16H26Cl2N4O. The topological polar surface area (TPSA) is 61.6 Å². The van der Waals surface area contributed by atoms with Crippen molar-refractivity contribution in [3.8, 4) is 0 Å². The van der Waals surface area contributed by atoms with E-state index in [0.29, 0.717) is 17.3 Å². The number of hydrogen-bond donors (Lipinski definition) is 2. The van der Waals surface area contributed by atoms with Gasteiger partial charge in [-0.1, -0.05) is 23.7 Å². The maximum atomic E-state index is 12.1. The van der Waals surface area contributed by atoms with Crippen LogP contribution < -0.4 is 11.1 Å². The van der Waals surface area contributed by atoms with Crippen LogP contribution in [0.4, 0.5) is 5.69 Å². The number of piperazine rings is 1. The number of para-hydroxylation sites is 1. The van der Waals surface area contributed by atoms with Crippen molar-refractivity contribution in [3.05, 3.63) is 29.3 Å². The van der Waals surface area contributed by atoms with E-state index in [1.165, 1.54) is 0 Å². The summed E-state index contributed by atoms with van der Waals surface area (Å²) >= 11 is 6.04. The molecule has 0 radical (unpaired) electrons. The molecule has 0 unspecified atom stereocenters. The summed E-state index contributed by atoms with van der Waals surface area (Å²) < 4.78 is 0.